The van der Waals surface area contributed by atoms with E-state index in [4.69, 9.17) is 0 Å². The number of hydrogen-bond acceptors (Lipinski definition) is 2. The lowest BCUT2D eigenvalue weighted by Crippen LogP contribution is -2.43. The molecule has 0 radical (unpaired) electrons. The molecule has 0 fully saturated rings. The summed E-state index contributed by atoms with van der Waals surface area (Å²) in [4.78, 5) is 26.1. The van der Waals surface area contributed by atoms with Gasteiger partial charge in [-0.2, -0.15) is 0 Å². The van der Waals surface area contributed by atoms with Gasteiger partial charge in [0.05, 0.1) is 6.54 Å². The standard InChI is InChI=1S/C18H19FN2O2/c1-13(2)21(18(23)20-16-6-4-3-5-7-16)12-17(22)14-8-10-15(19)11-9-14/h3-11,13H,12H2,1-2H3,(H,20,23). The molecule has 1 N–H and O–H groups in total. The maximum absolute atomic E-state index is 12.9. The van der Waals surface area contributed by atoms with Crippen LogP contribution in [0.15, 0.2) is 54.6 Å². The van der Waals surface area contributed by atoms with Gasteiger partial charge in [-0.05, 0) is 50.2 Å². The fourth-order valence-electron chi connectivity index (χ4n) is 2.09. The SMILES string of the molecule is CC(C)N(CC(=O)c1ccc(F)cc1)C(=O)Nc1ccccc1. The Hall–Kier alpha value is -2.69. The Morgan fingerprint density at radius 3 is 2.22 bits per heavy atom. The summed E-state index contributed by atoms with van der Waals surface area (Å²) < 4.78 is 12.9. The monoisotopic (exact) mass is 314 g/mol. The Kier molecular flexibility index (Phi) is 5.46. The van der Waals surface area contributed by atoms with Crippen LogP contribution in [-0.4, -0.2) is 29.3 Å². The molecular formula is C18H19FN2O2. The van der Waals surface area contributed by atoms with Crippen molar-refractivity contribution in [2.24, 2.45) is 0 Å². The molecule has 120 valence electrons. The lowest BCUT2D eigenvalue weighted by molar-refractivity contribution is 0.0932. The average Bonchev–Trinajstić information content (AvgIpc) is 2.53. The van der Waals surface area contributed by atoms with Crippen molar-refractivity contribution in [2.75, 3.05) is 11.9 Å². The molecule has 2 rings (SSSR count). The first kappa shape index (κ1) is 16.7. The molecule has 0 unspecified atom stereocenters. The van der Waals surface area contributed by atoms with Gasteiger partial charge in [-0.1, -0.05) is 18.2 Å². The van der Waals surface area contributed by atoms with E-state index in [1.807, 2.05) is 32.0 Å². The number of halogens is 1. The second-order valence-corrected chi connectivity index (χ2v) is 5.45. The first-order valence-corrected chi connectivity index (χ1v) is 7.39. The Labute approximate surface area is 134 Å². The first-order chi connectivity index (χ1) is 11.0. The molecule has 0 spiro atoms. The normalized spacial score (nSPS) is 10.4. The van der Waals surface area contributed by atoms with Crippen LogP contribution in [0.4, 0.5) is 14.9 Å². The van der Waals surface area contributed by atoms with Crippen molar-refractivity contribution in [3.8, 4) is 0 Å². The van der Waals surface area contributed by atoms with E-state index >= 15 is 0 Å². The maximum atomic E-state index is 12.9. The van der Waals surface area contributed by atoms with Gasteiger partial charge in [0.25, 0.3) is 0 Å². The molecule has 0 aliphatic rings. The van der Waals surface area contributed by atoms with Gasteiger partial charge >= 0.3 is 6.03 Å². The smallest absolute Gasteiger partial charge is 0.314 e. The highest BCUT2D eigenvalue weighted by atomic mass is 19.1. The van der Waals surface area contributed by atoms with Gasteiger partial charge in [-0.15, -0.1) is 0 Å². The van der Waals surface area contributed by atoms with E-state index in [-0.39, 0.29) is 24.4 Å². The molecule has 0 aromatic heterocycles. The number of rotatable bonds is 5. The predicted molar refractivity (Wildman–Crippen MR) is 88.0 cm³/mol. The Morgan fingerprint density at radius 1 is 1.04 bits per heavy atom. The van der Waals surface area contributed by atoms with Crippen molar-refractivity contribution < 1.29 is 14.0 Å². The molecule has 2 amide bonds. The summed E-state index contributed by atoms with van der Waals surface area (Å²) >= 11 is 0. The van der Waals surface area contributed by atoms with Gasteiger partial charge in [-0.25, -0.2) is 9.18 Å². The highest BCUT2D eigenvalue weighted by Gasteiger charge is 2.21. The fourth-order valence-corrected chi connectivity index (χ4v) is 2.09. The van der Waals surface area contributed by atoms with Crippen molar-refractivity contribution in [3.05, 3.63) is 66.0 Å². The van der Waals surface area contributed by atoms with Crippen LogP contribution in [0.1, 0.15) is 24.2 Å². The van der Waals surface area contributed by atoms with E-state index in [1.54, 1.807) is 12.1 Å². The Morgan fingerprint density at radius 2 is 1.65 bits per heavy atom. The van der Waals surface area contributed by atoms with Crippen molar-refractivity contribution in [1.82, 2.24) is 4.90 Å². The predicted octanol–water partition coefficient (Wildman–Crippen LogP) is 3.95. The minimum atomic E-state index is -0.399. The van der Waals surface area contributed by atoms with Crippen molar-refractivity contribution in [1.29, 1.82) is 0 Å². The molecule has 0 atom stereocenters. The first-order valence-electron chi connectivity index (χ1n) is 7.39. The number of benzene rings is 2. The second-order valence-electron chi connectivity index (χ2n) is 5.45. The van der Waals surface area contributed by atoms with Crippen LogP contribution < -0.4 is 5.32 Å². The summed E-state index contributed by atoms with van der Waals surface area (Å²) in [5, 5.41) is 2.76. The zero-order valence-corrected chi connectivity index (χ0v) is 13.1. The molecule has 0 saturated heterocycles. The van der Waals surface area contributed by atoms with Crippen LogP contribution in [0.2, 0.25) is 0 Å². The molecule has 0 bridgehead atoms. The summed E-state index contributed by atoms with van der Waals surface area (Å²) in [6.07, 6.45) is 0. The van der Waals surface area contributed by atoms with E-state index in [0.717, 1.165) is 0 Å². The maximum Gasteiger partial charge on any atom is 0.322 e. The highest BCUT2D eigenvalue weighted by molar-refractivity contribution is 6.00. The van der Waals surface area contributed by atoms with Crippen LogP contribution in [0, 0.1) is 5.82 Å². The van der Waals surface area contributed by atoms with Crippen LogP contribution in [-0.2, 0) is 0 Å². The summed E-state index contributed by atoms with van der Waals surface area (Å²) in [6.45, 7) is 3.60. The van der Waals surface area contributed by atoms with Crippen LogP contribution in [0.3, 0.4) is 0 Å². The number of nitrogens with one attached hydrogen (secondary N) is 1. The third kappa shape index (κ3) is 4.64. The number of hydrogen-bond donors (Lipinski definition) is 1. The van der Waals surface area contributed by atoms with Gasteiger partial charge in [-0.3, -0.25) is 4.79 Å². The number of ketones is 1. The number of para-hydroxylation sites is 1. The van der Waals surface area contributed by atoms with Gasteiger partial charge < -0.3 is 10.2 Å². The summed E-state index contributed by atoms with van der Waals surface area (Å²) in [5.41, 5.74) is 1.04. The lowest BCUT2D eigenvalue weighted by atomic mass is 10.1. The van der Waals surface area contributed by atoms with Crippen LogP contribution >= 0.6 is 0 Å². The molecular weight excluding hydrogens is 295 g/mol. The third-order valence-electron chi connectivity index (χ3n) is 3.39. The number of amides is 2. The minimum absolute atomic E-state index is 0.0675. The van der Waals surface area contributed by atoms with Crippen LogP contribution in [0.25, 0.3) is 0 Å². The van der Waals surface area contributed by atoms with Gasteiger partial charge in [0, 0.05) is 17.3 Å². The number of Topliss-reactive ketones (excluding diaryl/α,β-unsaturated/α-hetero) is 1. The Balaban J connectivity index is 2.07. The van der Waals surface area contributed by atoms with Crippen molar-refractivity contribution in [3.63, 3.8) is 0 Å². The third-order valence-corrected chi connectivity index (χ3v) is 3.39. The number of anilines is 1. The van der Waals surface area contributed by atoms with E-state index in [9.17, 15) is 14.0 Å². The molecule has 2 aromatic carbocycles. The summed E-state index contributed by atoms with van der Waals surface area (Å²) in [7, 11) is 0. The topological polar surface area (TPSA) is 49.4 Å². The quantitative estimate of drug-likeness (QED) is 0.850. The van der Waals surface area contributed by atoms with Crippen molar-refractivity contribution >= 4 is 17.5 Å². The summed E-state index contributed by atoms with van der Waals surface area (Å²) in [5.74, 6) is -0.633. The number of carbonyl (C=O) groups is 2. The Bertz CT molecular complexity index is 669. The molecule has 4 nitrogen and oxygen atoms in total. The van der Waals surface area contributed by atoms with E-state index in [2.05, 4.69) is 5.32 Å². The van der Waals surface area contributed by atoms with E-state index < -0.39 is 5.82 Å². The van der Waals surface area contributed by atoms with Crippen molar-refractivity contribution in [2.45, 2.75) is 19.9 Å². The molecule has 5 heteroatoms. The van der Waals surface area contributed by atoms with E-state index in [0.29, 0.717) is 11.3 Å². The summed E-state index contributed by atoms with van der Waals surface area (Å²) in [6, 6.07) is 13.9. The fraction of sp³-hybridized carbons (Fsp3) is 0.222. The van der Waals surface area contributed by atoms with Gasteiger partial charge in [0.15, 0.2) is 5.78 Å². The molecule has 0 aliphatic heterocycles. The lowest BCUT2D eigenvalue weighted by Gasteiger charge is -2.26. The van der Waals surface area contributed by atoms with Gasteiger partial charge in [0.1, 0.15) is 5.82 Å². The molecule has 2 aromatic rings. The second kappa shape index (κ2) is 7.54. The highest BCUT2D eigenvalue weighted by Crippen LogP contribution is 2.11. The number of carbonyl (C=O) groups excluding carboxylic acids is 2. The number of nitrogens with zero attached hydrogens (tertiary/aromatic N) is 1. The van der Waals surface area contributed by atoms with Crippen LogP contribution in [0.5, 0.6) is 0 Å². The zero-order chi connectivity index (χ0) is 16.8. The average molecular weight is 314 g/mol. The molecule has 0 saturated carbocycles. The zero-order valence-electron chi connectivity index (χ0n) is 13.1. The van der Waals surface area contributed by atoms with E-state index in [1.165, 1.54) is 29.2 Å². The number of urea groups is 1. The largest absolute Gasteiger partial charge is 0.322 e. The molecule has 0 heterocycles. The minimum Gasteiger partial charge on any atom is -0.314 e. The van der Waals surface area contributed by atoms with Gasteiger partial charge in [0.2, 0.25) is 0 Å². The molecule has 23 heavy (non-hydrogen) atoms. The molecule has 0 aliphatic carbocycles.